The molecule has 3 nitrogen and oxygen atoms in total. The van der Waals surface area contributed by atoms with Crippen molar-refractivity contribution in [3.63, 3.8) is 0 Å². The van der Waals surface area contributed by atoms with Crippen LogP contribution >= 0.6 is 0 Å². The number of hydrogen-bond acceptors (Lipinski definition) is 3. The summed E-state index contributed by atoms with van der Waals surface area (Å²) in [5, 5.41) is 0. The summed E-state index contributed by atoms with van der Waals surface area (Å²) in [7, 11) is 0. The summed E-state index contributed by atoms with van der Waals surface area (Å²) in [5.41, 5.74) is 0.972. The third-order valence-corrected chi connectivity index (χ3v) is 7.36. The molecule has 0 aromatic heterocycles. The van der Waals surface area contributed by atoms with Crippen LogP contribution in [0.3, 0.4) is 0 Å². The number of fused-ring (bicyclic) bond motifs is 3. The van der Waals surface area contributed by atoms with Gasteiger partial charge in [0, 0.05) is 11.8 Å². The predicted molar refractivity (Wildman–Crippen MR) is 108 cm³/mol. The minimum absolute atomic E-state index is 0.0489. The second-order valence-electron chi connectivity index (χ2n) is 9.30. The van der Waals surface area contributed by atoms with E-state index in [9.17, 15) is 9.59 Å². The van der Waals surface area contributed by atoms with Crippen molar-refractivity contribution in [3.8, 4) is 0 Å². The van der Waals surface area contributed by atoms with Gasteiger partial charge in [-0.25, -0.2) is 0 Å². The highest BCUT2D eigenvalue weighted by atomic mass is 16.5. The van der Waals surface area contributed by atoms with Crippen LogP contribution in [0.4, 0.5) is 0 Å². The van der Waals surface area contributed by atoms with Crippen molar-refractivity contribution in [3.05, 3.63) is 11.6 Å². The number of rotatable bonds is 3. The Morgan fingerprint density at radius 2 is 1.85 bits per heavy atom. The Kier molecular flexibility index (Phi) is 7.16. The van der Waals surface area contributed by atoms with Crippen molar-refractivity contribution in [2.24, 2.45) is 29.6 Å². The topological polar surface area (TPSA) is 43.4 Å². The molecule has 1 heterocycles. The van der Waals surface area contributed by atoms with Gasteiger partial charge in [-0.05, 0) is 61.9 Å². The second kappa shape index (κ2) is 9.39. The van der Waals surface area contributed by atoms with E-state index in [1.54, 1.807) is 0 Å². The minimum atomic E-state index is -0.0879. The molecule has 3 rings (SSSR count). The molecular weight excluding hydrogens is 336 g/mol. The van der Waals surface area contributed by atoms with Crippen LogP contribution in [0.5, 0.6) is 0 Å². The highest BCUT2D eigenvalue weighted by Gasteiger charge is 2.44. The third kappa shape index (κ3) is 4.84. The molecule has 0 amide bonds. The van der Waals surface area contributed by atoms with Gasteiger partial charge in [-0.15, -0.1) is 0 Å². The molecule has 0 radical (unpaired) electrons. The van der Waals surface area contributed by atoms with Gasteiger partial charge in [0.05, 0.1) is 6.42 Å². The van der Waals surface area contributed by atoms with E-state index in [0.717, 1.165) is 50.0 Å². The quantitative estimate of drug-likeness (QED) is 0.581. The molecule has 0 bridgehead atoms. The maximum absolute atomic E-state index is 13.2. The number of hydrogen-bond donors (Lipinski definition) is 0. The monoisotopic (exact) mass is 374 g/mol. The van der Waals surface area contributed by atoms with E-state index < -0.39 is 0 Å². The van der Waals surface area contributed by atoms with Crippen LogP contribution in [0.2, 0.25) is 0 Å². The van der Waals surface area contributed by atoms with Gasteiger partial charge in [-0.2, -0.15) is 0 Å². The first-order chi connectivity index (χ1) is 13.0. The highest BCUT2D eigenvalue weighted by molar-refractivity contribution is 5.98. The first kappa shape index (κ1) is 20.6. The summed E-state index contributed by atoms with van der Waals surface area (Å²) in [6, 6.07) is 0. The molecule has 1 saturated carbocycles. The van der Waals surface area contributed by atoms with Crippen molar-refractivity contribution >= 4 is 11.8 Å². The van der Waals surface area contributed by atoms with Crippen molar-refractivity contribution in [1.82, 2.24) is 0 Å². The number of ether oxygens (including phenoxy) is 1. The lowest BCUT2D eigenvalue weighted by molar-refractivity contribution is -0.151. The van der Waals surface area contributed by atoms with Gasteiger partial charge in [0.15, 0.2) is 5.78 Å². The fraction of sp³-hybridized carbons (Fsp3) is 0.833. The number of esters is 1. The Hall–Kier alpha value is -1.12. The average Bonchev–Trinajstić information content (AvgIpc) is 3.00. The smallest absolute Gasteiger partial charge is 0.306 e. The number of cyclic esters (lactones) is 1. The number of carbonyl (C=O) groups is 2. The maximum atomic E-state index is 13.2. The summed E-state index contributed by atoms with van der Waals surface area (Å²) >= 11 is 0. The van der Waals surface area contributed by atoms with E-state index in [0.29, 0.717) is 24.0 Å². The number of ketones is 1. The van der Waals surface area contributed by atoms with Crippen LogP contribution in [-0.2, 0) is 14.3 Å². The summed E-state index contributed by atoms with van der Waals surface area (Å²) in [5.74, 6) is 2.15. The number of Topliss-reactive ketones (excluding diaryl/α,β-unsaturated/α-hetero) is 1. The van der Waals surface area contributed by atoms with E-state index in [-0.39, 0.29) is 23.9 Å². The summed E-state index contributed by atoms with van der Waals surface area (Å²) in [6.07, 6.45) is 13.7. The van der Waals surface area contributed by atoms with Gasteiger partial charge in [-0.1, -0.05) is 52.5 Å². The Balaban J connectivity index is 1.81. The molecule has 1 saturated heterocycles. The predicted octanol–water partition coefficient (Wildman–Crippen LogP) is 5.87. The van der Waals surface area contributed by atoms with Crippen LogP contribution in [0.25, 0.3) is 0 Å². The van der Waals surface area contributed by atoms with Gasteiger partial charge in [0.25, 0.3) is 0 Å². The van der Waals surface area contributed by atoms with Crippen LogP contribution in [0, 0.1) is 29.6 Å². The first-order valence-electron chi connectivity index (χ1n) is 11.5. The van der Waals surface area contributed by atoms with Crippen molar-refractivity contribution in [2.75, 3.05) is 0 Å². The number of carbonyl (C=O) groups excluding carboxylic acids is 2. The molecule has 3 aliphatic rings. The van der Waals surface area contributed by atoms with Gasteiger partial charge in [0.1, 0.15) is 6.10 Å². The van der Waals surface area contributed by atoms with Crippen molar-refractivity contribution in [1.29, 1.82) is 0 Å². The molecule has 0 aromatic carbocycles. The lowest BCUT2D eigenvalue weighted by atomic mass is 9.70. The zero-order valence-corrected chi connectivity index (χ0v) is 17.5. The summed E-state index contributed by atoms with van der Waals surface area (Å²) in [6.45, 7) is 6.45. The van der Waals surface area contributed by atoms with E-state index in [1.165, 1.54) is 25.7 Å². The molecule has 152 valence electrons. The Morgan fingerprint density at radius 1 is 1.07 bits per heavy atom. The van der Waals surface area contributed by atoms with Gasteiger partial charge in [0.2, 0.25) is 0 Å². The molecule has 1 aliphatic heterocycles. The normalized spacial score (nSPS) is 38.1. The molecule has 6 atom stereocenters. The van der Waals surface area contributed by atoms with Crippen molar-refractivity contribution < 1.29 is 14.3 Å². The van der Waals surface area contributed by atoms with E-state index >= 15 is 0 Å². The van der Waals surface area contributed by atoms with Gasteiger partial charge < -0.3 is 4.74 Å². The third-order valence-electron chi connectivity index (χ3n) is 7.36. The minimum Gasteiger partial charge on any atom is -0.462 e. The molecule has 0 spiro atoms. The van der Waals surface area contributed by atoms with E-state index in [2.05, 4.69) is 26.8 Å². The molecule has 0 N–H and O–H groups in total. The first-order valence-corrected chi connectivity index (χ1v) is 11.5. The Morgan fingerprint density at radius 3 is 2.59 bits per heavy atom. The SMILES string of the molecule is CCCC1CCC2C(C=C3C(=O)C(C)CCCCC(CC)OC(=O)CC32)C1. The molecule has 2 fully saturated rings. The van der Waals surface area contributed by atoms with Gasteiger partial charge >= 0.3 is 5.97 Å². The Bertz CT molecular complexity index is 564. The van der Waals surface area contributed by atoms with Crippen LogP contribution in [0.1, 0.15) is 91.4 Å². The lowest BCUT2D eigenvalue weighted by Gasteiger charge is -2.35. The van der Waals surface area contributed by atoms with Gasteiger partial charge in [-0.3, -0.25) is 9.59 Å². The molecule has 6 unspecified atom stereocenters. The van der Waals surface area contributed by atoms with Crippen LogP contribution in [0.15, 0.2) is 11.6 Å². The lowest BCUT2D eigenvalue weighted by Crippen LogP contribution is -2.30. The molecule has 3 heteroatoms. The second-order valence-corrected chi connectivity index (χ2v) is 9.30. The van der Waals surface area contributed by atoms with Crippen LogP contribution < -0.4 is 0 Å². The zero-order chi connectivity index (χ0) is 19.4. The summed E-state index contributed by atoms with van der Waals surface area (Å²) < 4.78 is 5.80. The average molecular weight is 375 g/mol. The van der Waals surface area contributed by atoms with Crippen LogP contribution in [-0.4, -0.2) is 17.9 Å². The highest BCUT2D eigenvalue weighted by Crippen LogP contribution is 2.50. The standard InChI is InChI=1S/C24H38O3/c1-4-8-17-11-12-20-18(13-17)14-22-21(20)15-23(25)27-19(5-2)10-7-6-9-16(3)24(22)26/h14,16-21H,4-13,15H2,1-3H3. The molecule has 0 aromatic rings. The number of allylic oxidation sites excluding steroid dienone is 2. The molecular formula is C24H38O3. The fourth-order valence-electron chi connectivity index (χ4n) is 5.79. The molecule has 27 heavy (non-hydrogen) atoms. The van der Waals surface area contributed by atoms with Crippen molar-refractivity contribution in [2.45, 2.75) is 97.5 Å². The fourth-order valence-corrected chi connectivity index (χ4v) is 5.79. The molecule has 2 aliphatic carbocycles. The maximum Gasteiger partial charge on any atom is 0.306 e. The zero-order valence-electron chi connectivity index (χ0n) is 17.5. The van der Waals surface area contributed by atoms with E-state index in [4.69, 9.17) is 4.74 Å². The Labute approximate surface area is 165 Å². The summed E-state index contributed by atoms with van der Waals surface area (Å²) in [4.78, 5) is 25.9. The van der Waals surface area contributed by atoms with E-state index in [1.807, 2.05) is 0 Å². The largest absolute Gasteiger partial charge is 0.462 e.